The molecule has 2 aromatic carbocycles. The Morgan fingerprint density at radius 2 is 1.93 bits per heavy atom. The molecule has 0 spiro atoms. The molecule has 0 saturated heterocycles. The van der Waals surface area contributed by atoms with Gasteiger partial charge in [0.2, 0.25) is 0 Å². The van der Waals surface area contributed by atoms with Gasteiger partial charge in [-0.1, -0.05) is 12.1 Å². The van der Waals surface area contributed by atoms with Crippen molar-refractivity contribution in [3.8, 4) is 5.69 Å². The topological polar surface area (TPSA) is 73.2 Å². The first kappa shape index (κ1) is 17.3. The smallest absolute Gasteiger partial charge is 0.338 e. The van der Waals surface area contributed by atoms with Gasteiger partial charge in [-0.05, 0) is 62.1 Å². The van der Waals surface area contributed by atoms with Gasteiger partial charge in [0.15, 0.2) is 6.61 Å². The van der Waals surface area contributed by atoms with E-state index in [1.54, 1.807) is 18.5 Å². The third-order valence-corrected chi connectivity index (χ3v) is 4.89. The van der Waals surface area contributed by atoms with Crippen LogP contribution in [0.1, 0.15) is 30.1 Å². The fraction of sp³-hybridized carbons (Fsp3) is 0.286. The summed E-state index contributed by atoms with van der Waals surface area (Å²) in [6.07, 6.45) is 4.06. The van der Waals surface area contributed by atoms with Crippen molar-refractivity contribution in [2.75, 3.05) is 6.61 Å². The number of rotatable bonds is 6. The van der Waals surface area contributed by atoms with Crippen LogP contribution in [0.5, 0.6) is 0 Å². The molecule has 0 unspecified atom stereocenters. The first-order valence-corrected chi connectivity index (χ1v) is 9.11. The molecule has 0 bridgehead atoms. The Bertz CT molecular complexity index is 974. The minimum Gasteiger partial charge on any atom is -0.452 e. The summed E-state index contributed by atoms with van der Waals surface area (Å²) in [7, 11) is 0. The maximum Gasteiger partial charge on any atom is 0.338 e. The van der Waals surface area contributed by atoms with E-state index in [0.717, 1.165) is 29.6 Å². The highest BCUT2D eigenvalue weighted by Gasteiger charge is 2.29. The highest BCUT2D eigenvalue weighted by molar-refractivity contribution is 5.91. The maximum atomic E-state index is 12.2. The third-order valence-electron chi connectivity index (χ3n) is 4.89. The summed E-state index contributed by atoms with van der Waals surface area (Å²) < 4.78 is 7.08. The molecule has 1 saturated carbocycles. The Kier molecular flexibility index (Phi) is 4.62. The average molecular weight is 363 g/mol. The molecular weight excluding hydrogens is 342 g/mol. The number of ether oxygens (including phenoxy) is 1. The van der Waals surface area contributed by atoms with E-state index in [9.17, 15) is 9.59 Å². The van der Waals surface area contributed by atoms with E-state index in [4.69, 9.17) is 4.74 Å². The van der Waals surface area contributed by atoms with Crippen molar-refractivity contribution in [2.24, 2.45) is 5.92 Å². The number of benzene rings is 2. The number of carbonyl (C=O) groups excluding carboxylic acids is 2. The summed E-state index contributed by atoms with van der Waals surface area (Å²) in [6, 6.07) is 15.0. The minimum atomic E-state index is -0.508. The molecule has 1 atom stereocenters. The van der Waals surface area contributed by atoms with E-state index in [1.165, 1.54) is 0 Å². The van der Waals surface area contributed by atoms with Gasteiger partial charge in [0, 0.05) is 11.7 Å². The van der Waals surface area contributed by atoms with Gasteiger partial charge >= 0.3 is 5.97 Å². The molecule has 1 aromatic heterocycles. The van der Waals surface area contributed by atoms with Gasteiger partial charge in [0.05, 0.1) is 16.6 Å². The SMILES string of the molecule is C[C@H](NC(=O)COC(=O)c1ccc(-n2cnc3ccccc32)cc1)C1CC1. The van der Waals surface area contributed by atoms with Gasteiger partial charge in [-0.3, -0.25) is 9.36 Å². The second-order valence-corrected chi connectivity index (χ2v) is 6.92. The second-order valence-electron chi connectivity index (χ2n) is 6.92. The van der Waals surface area contributed by atoms with E-state index < -0.39 is 5.97 Å². The van der Waals surface area contributed by atoms with E-state index in [1.807, 2.05) is 47.9 Å². The molecule has 1 aliphatic carbocycles. The molecule has 27 heavy (non-hydrogen) atoms. The van der Waals surface area contributed by atoms with Crippen LogP contribution in [0, 0.1) is 5.92 Å². The number of aromatic nitrogens is 2. The van der Waals surface area contributed by atoms with Crippen molar-refractivity contribution in [1.82, 2.24) is 14.9 Å². The van der Waals surface area contributed by atoms with Crippen LogP contribution >= 0.6 is 0 Å². The lowest BCUT2D eigenvalue weighted by atomic mass is 10.2. The third kappa shape index (κ3) is 3.84. The Morgan fingerprint density at radius 1 is 1.19 bits per heavy atom. The molecule has 6 nitrogen and oxygen atoms in total. The molecule has 1 aliphatic rings. The van der Waals surface area contributed by atoms with Gasteiger partial charge in [0.25, 0.3) is 5.91 Å². The van der Waals surface area contributed by atoms with Gasteiger partial charge in [-0.25, -0.2) is 9.78 Å². The van der Waals surface area contributed by atoms with E-state index in [2.05, 4.69) is 10.3 Å². The van der Waals surface area contributed by atoms with Crippen LogP contribution in [-0.2, 0) is 9.53 Å². The number of hydrogen-bond donors (Lipinski definition) is 1. The zero-order chi connectivity index (χ0) is 18.8. The molecule has 3 aromatic rings. The van der Waals surface area contributed by atoms with E-state index in [-0.39, 0.29) is 18.6 Å². The Balaban J connectivity index is 1.38. The molecule has 1 heterocycles. The first-order valence-electron chi connectivity index (χ1n) is 9.11. The fourth-order valence-electron chi connectivity index (χ4n) is 3.15. The molecule has 0 aliphatic heterocycles. The Hall–Kier alpha value is -3.15. The number of imidazole rings is 1. The highest BCUT2D eigenvalue weighted by Crippen LogP contribution is 2.32. The van der Waals surface area contributed by atoms with Crippen LogP contribution in [0.25, 0.3) is 16.7 Å². The minimum absolute atomic E-state index is 0.139. The zero-order valence-electron chi connectivity index (χ0n) is 15.1. The lowest BCUT2D eigenvalue weighted by Gasteiger charge is -2.12. The van der Waals surface area contributed by atoms with E-state index >= 15 is 0 Å². The lowest BCUT2D eigenvalue weighted by molar-refractivity contribution is -0.124. The predicted octanol–water partition coefficient (Wildman–Crippen LogP) is 3.10. The summed E-state index contributed by atoms with van der Waals surface area (Å²) in [4.78, 5) is 28.4. The summed E-state index contributed by atoms with van der Waals surface area (Å²) in [5, 5.41) is 2.87. The Labute approximate surface area is 157 Å². The van der Waals surface area contributed by atoms with Crippen LogP contribution in [0.2, 0.25) is 0 Å². The van der Waals surface area contributed by atoms with Crippen molar-refractivity contribution < 1.29 is 14.3 Å². The number of fused-ring (bicyclic) bond motifs is 1. The number of nitrogens with zero attached hydrogens (tertiary/aromatic N) is 2. The summed E-state index contributed by atoms with van der Waals surface area (Å²) in [5.41, 5.74) is 3.21. The molecule has 1 fully saturated rings. The van der Waals surface area contributed by atoms with Crippen LogP contribution in [0.3, 0.4) is 0 Å². The number of esters is 1. The molecule has 1 N–H and O–H groups in total. The van der Waals surface area contributed by atoms with Crippen LogP contribution in [-0.4, -0.2) is 34.1 Å². The number of amides is 1. The number of hydrogen-bond acceptors (Lipinski definition) is 4. The van der Waals surface area contributed by atoms with Crippen molar-refractivity contribution in [2.45, 2.75) is 25.8 Å². The Morgan fingerprint density at radius 3 is 2.67 bits per heavy atom. The number of nitrogens with one attached hydrogen (secondary N) is 1. The van der Waals surface area contributed by atoms with Crippen molar-refractivity contribution in [3.05, 3.63) is 60.4 Å². The lowest BCUT2D eigenvalue weighted by Crippen LogP contribution is -2.37. The van der Waals surface area contributed by atoms with Crippen LogP contribution in [0.4, 0.5) is 0 Å². The molecular formula is C21H21N3O3. The number of para-hydroxylation sites is 2. The molecule has 6 heteroatoms. The van der Waals surface area contributed by atoms with Crippen LogP contribution in [0.15, 0.2) is 54.9 Å². The second kappa shape index (κ2) is 7.23. The summed E-state index contributed by atoms with van der Waals surface area (Å²) in [6.45, 7) is 1.72. The number of carbonyl (C=O) groups is 2. The van der Waals surface area contributed by atoms with Gasteiger partial charge in [-0.2, -0.15) is 0 Å². The normalized spacial score (nSPS) is 14.7. The molecule has 4 rings (SSSR count). The van der Waals surface area contributed by atoms with Gasteiger partial charge in [-0.15, -0.1) is 0 Å². The van der Waals surface area contributed by atoms with Crippen molar-refractivity contribution >= 4 is 22.9 Å². The summed E-state index contributed by atoms with van der Waals surface area (Å²) in [5.74, 6) is -0.202. The molecule has 138 valence electrons. The standard InChI is InChI=1S/C21H21N3O3/c1-14(15-6-7-15)23-20(25)12-27-21(26)16-8-10-17(11-9-16)24-13-22-18-4-2-3-5-19(18)24/h2-5,8-11,13-15H,6-7,12H2,1H3,(H,23,25)/t14-/m0/s1. The van der Waals surface area contributed by atoms with Gasteiger partial charge in [0.1, 0.15) is 6.33 Å². The molecule has 0 radical (unpaired) electrons. The summed E-state index contributed by atoms with van der Waals surface area (Å²) >= 11 is 0. The van der Waals surface area contributed by atoms with Crippen LogP contribution < -0.4 is 5.32 Å². The predicted molar refractivity (Wildman–Crippen MR) is 102 cm³/mol. The maximum absolute atomic E-state index is 12.2. The monoisotopic (exact) mass is 363 g/mol. The fourth-order valence-corrected chi connectivity index (χ4v) is 3.15. The molecule has 1 amide bonds. The van der Waals surface area contributed by atoms with Gasteiger partial charge < -0.3 is 10.1 Å². The van der Waals surface area contributed by atoms with E-state index in [0.29, 0.717) is 11.5 Å². The zero-order valence-corrected chi connectivity index (χ0v) is 15.1. The largest absolute Gasteiger partial charge is 0.452 e. The van der Waals surface area contributed by atoms with Crippen molar-refractivity contribution in [3.63, 3.8) is 0 Å². The quantitative estimate of drug-likeness (QED) is 0.683. The van der Waals surface area contributed by atoms with Crippen molar-refractivity contribution in [1.29, 1.82) is 0 Å². The first-order chi connectivity index (χ1) is 13.1. The average Bonchev–Trinajstić information content (AvgIpc) is 3.46. The highest BCUT2D eigenvalue weighted by atomic mass is 16.5.